The van der Waals surface area contributed by atoms with E-state index in [1.165, 1.54) is 5.56 Å². The molecule has 2 aromatic rings. The first kappa shape index (κ1) is 9.45. The highest BCUT2D eigenvalue weighted by Crippen LogP contribution is 1.96. The second-order valence-corrected chi connectivity index (χ2v) is 2.70. The van der Waals surface area contributed by atoms with E-state index in [0.29, 0.717) is 0 Å². The van der Waals surface area contributed by atoms with Crippen LogP contribution in [0.5, 0.6) is 0 Å². The topological polar surface area (TPSA) is 41.6 Å². The number of nitrogens with one attached hydrogen (secondary N) is 1. The molecule has 0 aliphatic heterocycles. The van der Waals surface area contributed by atoms with Crippen molar-refractivity contribution in [3.8, 4) is 0 Å². The smallest absolute Gasteiger partial charge is 0.0519 e. The van der Waals surface area contributed by atoms with Gasteiger partial charge in [-0.05, 0) is 31.5 Å². The van der Waals surface area contributed by atoms with Crippen molar-refractivity contribution in [1.82, 2.24) is 15.2 Å². The van der Waals surface area contributed by atoms with Gasteiger partial charge in [-0.2, -0.15) is 5.10 Å². The molecule has 0 aromatic carbocycles. The summed E-state index contributed by atoms with van der Waals surface area (Å²) in [6.07, 6.45) is 5.31. The fourth-order valence-corrected chi connectivity index (χ4v) is 0.724. The summed E-state index contributed by atoms with van der Waals surface area (Å²) in [6.45, 7) is 4.03. The predicted octanol–water partition coefficient (Wildman–Crippen LogP) is 2.11. The Morgan fingerprint density at radius 1 is 1.08 bits per heavy atom. The van der Waals surface area contributed by atoms with Gasteiger partial charge in [-0.25, -0.2) is 0 Å². The third kappa shape index (κ3) is 3.51. The zero-order chi connectivity index (χ0) is 9.52. The number of H-pyrrole nitrogens is 1. The molecule has 13 heavy (non-hydrogen) atoms. The van der Waals surface area contributed by atoms with Crippen LogP contribution in [0, 0.1) is 13.8 Å². The first-order chi connectivity index (χ1) is 6.30. The average molecular weight is 175 g/mol. The summed E-state index contributed by atoms with van der Waals surface area (Å²) in [5.41, 5.74) is 2.38. The average Bonchev–Trinajstić information content (AvgIpc) is 2.55. The molecule has 0 bridgehead atoms. The molecule has 3 heteroatoms. The highest BCUT2D eigenvalue weighted by atomic mass is 15.1. The van der Waals surface area contributed by atoms with E-state index in [-0.39, 0.29) is 0 Å². The summed E-state index contributed by atoms with van der Waals surface area (Å²) in [6, 6.07) is 5.72. The number of aryl methyl sites for hydroxylation is 2. The summed E-state index contributed by atoms with van der Waals surface area (Å²) in [4.78, 5) is 3.78. The van der Waals surface area contributed by atoms with Crippen LogP contribution in [-0.2, 0) is 0 Å². The Hall–Kier alpha value is -1.64. The molecule has 3 nitrogen and oxygen atoms in total. The summed E-state index contributed by atoms with van der Waals surface area (Å²) in [7, 11) is 0. The first-order valence-electron chi connectivity index (χ1n) is 4.12. The van der Waals surface area contributed by atoms with Crippen molar-refractivity contribution < 1.29 is 0 Å². The molecule has 0 saturated carbocycles. The standard InChI is InChI=1S/C5H8N2.C5H5N/c1-4-3-6-7-5(4)2;1-2-4-6-5-3-1/h3H,1-2H3,(H,6,7);1-5H. The van der Waals surface area contributed by atoms with Crippen LogP contribution in [-0.4, -0.2) is 15.2 Å². The van der Waals surface area contributed by atoms with Gasteiger partial charge >= 0.3 is 0 Å². The fraction of sp³-hybridized carbons (Fsp3) is 0.200. The number of pyridine rings is 1. The minimum atomic E-state index is 1.15. The molecule has 0 saturated heterocycles. The van der Waals surface area contributed by atoms with Crippen LogP contribution in [0.1, 0.15) is 11.3 Å². The lowest BCUT2D eigenvalue weighted by molar-refractivity contribution is 1.04. The SMILES string of the molecule is Cc1cn[nH]c1C.c1ccncc1. The van der Waals surface area contributed by atoms with Crippen molar-refractivity contribution >= 4 is 0 Å². The number of aromatic nitrogens is 3. The monoisotopic (exact) mass is 175 g/mol. The molecule has 0 spiro atoms. The Kier molecular flexibility index (Phi) is 3.70. The van der Waals surface area contributed by atoms with E-state index in [0.717, 1.165) is 5.69 Å². The maximum Gasteiger partial charge on any atom is 0.0519 e. The van der Waals surface area contributed by atoms with Crippen LogP contribution in [0.2, 0.25) is 0 Å². The van der Waals surface area contributed by atoms with Crippen molar-refractivity contribution in [3.05, 3.63) is 48.0 Å². The number of hydrogen-bond acceptors (Lipinski definition) is 2. The number of hydrogen-bond donors (Lipinski definition) is 1. The van der Waals surface area contributed by atoms with Gasteiger partial charge in [-0.1, -0.05) is 6.07 Å². The summed E-state index contributed by atoms with van der Waals surface area (Å²) in [5.74, 6) is 0. The van der Waals surface area contributed by atoms with Gasteiger partial charge in [0, 0.05) is 18.1 Å². The fourth-order valence-electron chi connectivity index (χ4n) is 0.724. The Morgan fingerprint density at radius 3 is 1.92 bits per heavy atom. The molecule has 0 radical (unpaired) electrons. The molecule has 2 heterocycles. The molecule has 1 N–H and O–H groups in total. The maximum absolute atomic E-state index is 3.80. The van der Waals surface area contributed by atoms with Gasteiger partial charge in [-0.15, -0.1) is 0 Å². The van der Waals surface area contributed by atoms with E-state index in [4.69, 9.17) is 0 Å². The highest BCUT2D eigenvalue weighted by molar-refractivity contribution is 5.10. The van der Waals surface area contributed by atoms with E-state index < -0.39 is 0 Å². The zero-order valence-electron chi connectivity index (χ0n) is 7.86. The molecule has 0 aliphatic rings. The molecule has 2 aromatic heterocycles. The summed E-state index contributed by atoms with van der Waals surface area (Å²) in [5, 5.41) is 6.61. The minimum Gasteiger partial charge on any atom is -0.283 e. The van der Waals surface area contributed by atoms with Gasteiger partial charge in [-0.3, -0.25) is 10.1 Å². The van der Waals surface area contributed by atoms with Crippen LogP contribution in [0.4, 0.5) is 0 Å². The van der Waals surface area contributed by atoms with Crippen LogP contribution in [0.25, 0.3) is 0 Å². The van der Waals surface area contributed by atoms with Gasteiger partial charge in [0.25, 0.3) is 0 Å². The Labute approximate surface area is 77.8 Å². The van der Waals surface area contributed by atoms with E-state index >= 15 is 0 Å². The van der Waals surface area contributed by atoms with Crippen molar-refractivity contribution in [2.24, 2.45) is 0 Å². The second kappa shape index (κ2) is 5.09. The molecular weight excluding hydrogens is 162 g/mol. The van der Waals surface area contributed by atoms with Crippen molar-refractivity contribution in [3.63, 3.8) is 0 Å². The third-order valence-corrected chi connectivity index (χ3v) is 1.65. The van der Waals surface area contributed by atoms with Crippen molar-refractivity contribution in [1.29, 1.82) is 0 Å². The van der Waals surface area contributed by atoms with Gasteiger partial charge in [0.05, 0.1) is 6.20 Å². The van der Waals surface area contributed by atoms with Crippen LogP contribution in [0.3, 0.4) is 0 Å². The molecule has 2 rings (SSSR count). The first-order valence-corrected chi connectivity index (χ1v) is 4.12. The number of aromatic amines is 1. The molecule has 68 valence electrons. The predicted molar refractivity (Wildman–Crippen MR) is 52.3 cm³/mol. The lowest BCUT2D eigenvalue weighted by Gasteiger charge is -1.78. The van der Waals surface area contributed by atoms with E-state index in [1.54, 1.807) is 12.4 Å². The zero-order valence-corrected chi connectivity index (χ0v) is 7.86. The highest BCUT2D eigenvalue weighted by Gasteiger charge is 1.87. The number of nitrogens with zero attached hydrogens (tertiary/aromatic N) is 2. The van der Waals surface area contributed by atoms with Gasteiger partial charge in [0.2, 0.25) is 0 Å². The van der Waals surface area contributed by atoms with Gasteiger partial charge < -0.3 is 0 Å². The van der Waals surface area contributed by atoms with Gasteiger partial charge in [0.1, 0.15) is 0 Å². The quantitative estimate of drug-likeness (QED) is 0.666. The molecule has 0 atom stereocenters. The lowest BCUT2D eigenvalue weighted by Crippen LogP contribution is -1.70. The normalized spacial score (nSPS) is 8.77. The van der Waals surface area contributed by atoms with E-state index in [2.05, 4.69) is 15.2 Å². The van der Waals surface area contributed by atoms with Gasteiger partial charge in [0.15, 0.2) is 0 Å². The summed E-state index contributed by atoms with van der Waals surface area (Å²) < 4.78 is 0. The Morgan fingerprint density at radius 2 is 1.77 bits per heavy atom. The Bertz CT molecular complexity index is 284. The van der Waals surface area contributed by atoms with Crippen LogP contribution < -0.4 is 0 Å². The maximum atomic E-state index is 3.80. The lowest BCUT2D eigenvalue weighted by atomic mass is 10.3. The van der Waals surface area contributed by atoms with Crippen molar-refractivity contribution in [2.45, 2.75) is 13.8 Å². The Balaban J connectivity index is 0.000000132. The van der Waals surface area contributed by atoms with Crippen LogP contribution in [0.15, 0.2) is 36.8 Å². The second-order valence-electron chi connectivity index (χ2n) is 2.70. The summed E-state index contributed by atoms with van der Waals surface area (Å²) >= 11 is 0. The van der Waals surface area contributed by atoms with E-state index in [9.17, 15) is 0 Å². The third-order valence-electron chi connectivity index (χ3n) is 1.65. The number of rotatable bonds is 0. The molecular formula is C10H13N3. The largest absolute Gasteiger partial charge is 0.283 e. The minimum absolute atomic E-state index is 1.15. The van der Waals surface area contributed by atoms with E-state index in [1.807, 2.05) is 38.2 Å². The molecule has 0 amide bonds. The van der Waals surface area contributed by atoms with Crippen LogP contribution >= 0.6 is 0 Å². The molecule has 0 unspecified atom stereocenters. The van der Waals surface area contributed by atoms with Crippen molar-refractivity contribution in [2.75, 3.05) is 0 Å². The molecule has 0 fully saturated rings. The molecule has 0 aliphatic carbocycles.